The van der Waals surface area contributed by atoms with E-state index in [9.17, 15) is 4.79 Å². The van der Waals surface area contributed by atoms with Gasteiger partial charge in [0.2, 0.25) is 5.95 Å². The van der Waals surface area contributed by atoms with E-state index in [4.69, 9.17) is 10.5 Å². The molecule has 3 N–H and O–H groups in total. The molecule has 1 amide bonds. The molecule has 0 aliphatic carbocycles. The molecule has 22 heavy (non-hydrogen) atoms. The van der Waals surface area contributed by atoms with Crippen LogP contribution in [-0.2, 0) is 0 Å². The molecule has 1 aromatic heterocycles. The minimum absolute atomic E-state index is 0.130. The Morgan fingerprint density at radius 1 is 1.32 bits per heavy atom. The summed E-state index contributed by atoms with van der Waals surface area (Å²) in [5.41, 5.74) is 7.91. The van der Waals surface area contributed by atoms with Gasteiger partial charge in [-0.05, 0) is 25.5 Å². The molecule has 0 bridgehead atoms. The predicted octanol–water partition coefficient (Wildman–Crippen LogP) is 2.18. The number of hydrogen-bond donors (Lipinski definition) is 2. The van der Waals surface area contributed by atoms with Crippen molar-refractivity contribution < 1.29 is 9.53 Å². The van der Waals surface area contributed by atoms with Crippen LogP contribution in [0.4, 0.5) is 5.95 Å². The van der Waals surface area contributed by atoms with Crippen molar-refractivity contribution in [3.05, 3.63) is 35.5 Å². The first-order valence-electron chi connectivity index (χ1n) is 7.16. The van der Waals surface area contributed by atoms with Gasteiger partial charge in [-0.25, -0.2) is 9.97 Å². The number of anilines is 1. The Morgan fingerprint density at radius 3 is 2.73 bits per heavy atom. The summed E-state index contributed by atoms with van der Waals surface area (Å²) in [7, 11) is 1.57. The number of nitrogens with two attached hydrogens (primary N) is 1. The third kappa shape index (κ3) is 3.16. The van der Waals surface area contributed by atoms with E-state index >= 15 is 0 Å². The van der Waals surface area contributed by atoms with Crippen LogP contribution in [0.1, 0.15) is 29.4 Å². The number of nitrogens with one attached hydrogen (secondary N) is 1. The van der Waals surface area contributed by atoms with Gasteiger partial charge >= 0.3 is 0 Å². The van der Waals surface area contributed by atoms with Crippen LogP contribution in [-0.4, -0.2) is 29.5 Å². The lowest BCUT2D eigenvalue weighted by atomic mass is 10.0. The average Bonchev–Trinajstić information content (AvgIpc) is 2.51. The number of aryl methyl sites for hydroxylation is 1. The second kappa shape index (κ2) is 6.89. The summed E-state index contributed by atoms with van der Waals surface area (Å²) in [6.45, 7) is 4.36. The zero-order chi connectivity index (χ0) is 16.1. The van der Waals surface area contributed by atoms with Crippen molar-refractivity contribution in [1.82, 2.24) is 15.3 Å². The number of amides is 1. The van der Waals surface area contributed by atoms with Gasteiger partial charge in [0, 0.05) is 12.6 Å². The molecular formula is C16H20N4O2. The van der Waals surface area contributed by atoms with Gasteiger partial charge < -0.3 is 15.8 Å². The van der Waals surface area contributed by atoms with Gasteiger partial charge in [0.15, 0.2) is 0 Å². The third-order valence-electron chi connectivity index (χ3n) is 3.17. The van der Waals surface area contributed by atoms with Crippen LogP contribution in [0, 0.1) is 6.92 Å². The van der Waals surface area contributed by atoms with Crippen molar-refractivity contribution in [2.45, 2.75) is 20.3 Å². The van der Waals surface area contributed by atoms with Crippen molar-refractivity contribution >= 4 is 11.9 Å². The number of nitrogens with zero attached hydrogens (tertiary/aromatic N) is 2. The van der Waals surface area contributed by atoms with Crippen molar-refractivity contribution in [2.24, 2.45) is 0 Å². The van der Waals surface area contributed by atoms with Crippen molar-refractivity contribution in [3.8, 4) is 17.0 Å². The number of carbonyl (C=O) groups is 1. The number of nitrogen functional groups attached to an aromatic ring is 1. The fourth-order valence-corrected chi connectivity index (χ4v) is 2.19. The highest BCUT2D eigenvalue weighted by Gasteiger charge is 2.20. The van der Waals surface area contributed by atoms with Crippen LogP contribution in [0.3, 0.4) is 0 Å². The molecule has 6 heteroatoms. The Hall–Kier alpha value is -2.63. The molecule has 0 aliphatic heterocycles. The first-order chi connectivity index (χ1) is 10.6. The molecule has 2 aromatic rings. The Labute approximate surface area is 129 Å². The van der Waals surface area contributed by atoms with Gasteiger partial charge in [-0.2, -0.15) is 0 Å². The summed E-state index contributed by atoms with van der Waals surface area (Å²) in [6.07, 6.45) is 0.890. The molecule has 0 radical (unpaired) electrons. The lowest BCUT2D eigenvalue weighted by Gasteiger charge is -2.14. The highest BCUT2D eigenvalue weighted by atomic mass is 16.5. The van der Waals surface area contributed by atoms with Crippen LogP contribution in [0.5, 0.6) is 5.75 Å². The molecule has 1 aromatic carbocycles. The van der Waals surface area contributed by atoms with Gasteiger partial charge in [0.25, 0.3) is 5.91 Å². The minimum atomic E-state index is -0.252. The van der Waals surface area contributed by atoms with E-state index in [1.54, 1.807) is 14.0 Å². The van der Waals surface area contributed by atoms with Crippen molar-refractivity contribution in [2.75, 3.05) is 19.4 Å². The molecule has 0 saturated heterocycles. The van der Waals surface area contributed by atoms with Crippen LogP contribution in [0.15, 0.2) is 24.3 Å². The van der Waals surface area contributed by atoms with Crippen LogP contribution in [0.2, 0.25) is 0 Å². The first kappa shape index (κ1) is 15.8. The summed E-state index contributed by atoms with van der Waals surface area (Å²) in [6, 6.07) is 7.46. The normalized spacial score (nSPS) is 10.3. The fourth-order valence-electron chi connectivity index (χ4n) is 2.19. The van der Waals surface area contributed by atoms with Crippen LogP contribution < -0.4 is 15.8 Å². The fraction of sp³-hybridized carbons (Fsp3) is 0.312. The second-order valence-corrected chi connectivity index (χ2v) is 4.81. The summed E-state index contributed by atoms with van der Waals surface area (Å²) in [4.78, 5) is 20.5. The summed E-state index contributed by atoms with van der Waals surface area (Å²) in [5.74, 6) is 0.551. The average molecular weight is 300 g/mol. The Bertz CT molecular complexity index is 686. The van der Waals surface area contributed by atoms with Crippen molar-refractivity contribution in [3.63, 3.8) is 0 Å². The largest absolute Gasteiger partial charge is 0.493 e. The molecule has 0 fully saturated rings. The highest BCUT2D eigenvalue weighted by Crippen LogP contribution is 2.32. The number of para-hydroxylation sites is 1. The molecule has 6 nitrogen and oxygen atoms in total. The zero-order valence-corrected chi connectivity index (χ0v) is 13.0. The molecule has 0 saturated carbocycles. The lowest BCUT2D eigenvalue weighted by Crippen LogP contribution is -2.22. The monoisotopic (exact) mass is 300 g/mol. The second-order valence-electron chi connectivity index (χ2n) is 4.81. The van der Waals surface area contributed by atoms with Gasteiger partial charge in [-0.3, -0.25) is 4.79 Å². The number of aromatic nitrogens is 2. The molecule has 116 valence electrons. The smallest absolute Gasteiger partial charge is 0.255 e. The van der Waals surface area contributed by atoms with Crippen LogP contribution in [0.25, 0.3) is 11.3 Å². The molecule has 0 atom stereocenters. The molecule has 0 unspecified atom stereocenters. The first-order valence-corrected chi connectivity index (χ1v) is 7.16. The van der Waals surface area contributed by atoms with E-state index in [1.807, 2.05) is 31.2 Å². The van der Waals surface area contributed by atoms with Crippen LogP contribution >= 0.6 is 0 Å². The molecular weight excluding hydrogens is 280 g/mol. The summed E-state index contributed by atoms with van der Waals surface area (Å²) in [5, 5.41) is 2.61. The summed E-state index contributed by atoms with van der Waals surface area (Å²) >= 11 is 0. The standard InChI is InChI=1S/C16H20N4O2/c1-4-9-22-12-8-6-5-7-11(12)14-13(15(21)18-3)10(2)19-16(17)20-14/h5-8H,4,9H2,1-3H3,(H,18,21)(H2,17,19,20). The SMILES string of the molecule is CCCOc1ccccc1-c1nc(N)nc(C)c1C(=O)NC. The molecule has 2 rings (SSSR count). The Kier molecular flexibility index (Phi) is 4.93. The third-order valence-corrected chi connectivity index (χ3v) is 3.17. The van der Waals surface area contributed by atoms with E-state index in [1.165, 1.54) is 0 Å². The van der Waals surface area contributed by atoms with E-state index in [-0.39, 0.29) is 11.9 Å². The van der Waals surface area contributed by atoms with Crippen molar-refractivity contribution in [1.29, 1.82) is 0 Å². The highest BCUT2D eigenvalue weighted by molar-refractivity contribution is 6.01. The zero-order valence-electron chi connectivity index (χ0n) is 13.0. The number of ether oxygens (including phenoxy) is 1. The topological polar surface area (TPSA) is 90.1 Å². The van der Waals surface area contributed by atoms with E-state index < -0.39 is 0 Å². The maximum Gasteiger partial charge on any atom is 0.255 e. The molecule has 0 spiro atoms. The summed E-state index contributed by atoms with van der Waals surface area (Å²) < 4.78 is 5.76. The number of carbonyl (C=O) groups excluding carboxylic acids is 1. The van der Waals surface area contributed by atoms with Gasteiger partial charge in [-0.15, -0.1) is 0 Å². The van der Waals surface area contributed by atoms with Gasteiger partial charge in [0.05, 0.1) is 23.6 Å². The molecule has 0 aliphatic rings. The maximum atomic E-state index is 12.2. The number of rotatable bonds is 5. The van der Waals surface area contributed by atoms with E-state index in [0.29, 0.717) is 29.3 Å². The Morgan fingerprint density at radius 2 is 2.05 bits per heavy atom. The number of hydrogen-bond acceptors (Lipinski definition) is 5. The van der Waals surface area contributed by atoms with E-state index in [0.717, 1.165) is 12.0 Å². The Balaban J connectivity index is 2.64. The lowest BCUT2D eigenvalue weighted by molar-refractivity contribution is 0.0962. The van der Waals surface area contributed by atoms with E-state index in [2.05, 4.69) is 15.3 Å². The maximum absolute atomic E-state index is 12.2. The van der Waals surface area contributed by atoms with Gasteiger partial charge in [-0.1, -0.05) is 19.1 Å². The predicted molar refractivity (Wildman–Crippen MR) is 85.8 cm³/mol. The van der Waals surface area contributed by atoms with Gasteiger partial charge in [0.1, 0.15) is 5.75 Å². The quantitative estimate of drug-likeness (QED) is 0.883. The minimum Gasteiger partial charge on any atom is -0.493 e. The molecule has 1 heterocycles. The number of benzene rings is 1.